The minimum absolute atomic E-state index is 0.0263. The van der Waals surface area contributed by atoms with Crippen LogP contribution >= 0.6 is 0 Å². The van der Waals surface area contributed by atoms with Gasteiger partial charge in [-0.15, -0.1) is 0 Å². The molecule has 0 bridgehead atoms. The lowest BCUT2D eigenvalue weighted by atomic mass is 9.81. The summed E-state index contributed by atoms with van der Waals surface area (Å²) >= 11 is 0. The number of rotatable bonds is 12. The highest BCUT2D eigenvalue weighted by Crippen LogP contribution is 2.42. The number of aliphatic hydroxyl groups is 1. The van der Waals surface area contributed by atoms with E-state index in [2.05, 4.69) is 0 Å². The topological polar surface area (TPSA) is 133 Å². The summed E-state index contributed by atoms with van der Waals surface area (Å²) in [4.78, 5) is 15.7. The van der Waals surface area contributed by atoms with Crippen LogP contribution in [0.4, 0.5) is 0 Å². The maximum absolute atomic E-state index is 14.0. The van der Waals surface area contributed by atoms with Crippen molar-refractivity contribution in [1.29, 1.82) is 0 Å². The average Bonchev–Trinajstić information content (AvgIpc) is 3.51. The quantitative estimate of drug-likeness (QED) is 0.339. The Morgan fingerprint density at radius 1 is 0.864 bits per heavy atom. The number of aliphatic hydroxyl groups excluding tert-OH is 1. The maximum Gasteiger partial charge on any atom is 0.288 e. The van der Waals surface area contributed by atoms with Crippen molar-refractivity contribution in [2.45, 2.75) is 25.6 Å². The maximum atomic E-state index is 14.0. The lowest BCUT2D eigenvalue weighted by Crippen LogP contribution is -2.43. The Kier molecular flexibility index (Phi) is 15.5. The predicted octanol–water partition coefficient (Wildman–Crippen LogP) is 1.72. The first kappa shape index (κ1) is 34.4. The second kappa shape index (κ2) is 19.8. The number of nitrogens with zero attached hydrogens (tertiary/aromatic N) is 1. The SMILES string of the molecule is CCO[C@H]1OC(C(=O)N2CCOCCOCCOCCOCC2)=C[C@@H](c2ccc3c(c2)OCO3)[C@@H]1CCOCCOCCO. The fourth-order valence-corrected chi connectivity index (χ4v) is 5.12. The van der Waals surface area contributed by atoms with Crippen LogP contribution in [-0.4, -0.2) is 135 Å². The van der Waals surface area contributed by atoms with Gasteiger partial charge in [0, 0.05) is 38.1 Å². The van der Waals surface area contributed by atoms with E-state index >= 15 is 0 Å². The molecule has 3 aliphatic heterocycles. The van der Waals surface area contributed by atoms with Crippen LogP contribution in [0.3, 0.4) is 0 Å². The van der Waals surface area contributed by atoms with Crippen LogP contribution < -0.4 is 9.47 Å². The van der Waals surface area contributed by atoms with Gasteiger partial charge in [-0.3, -0.25) is 4.79 Å². The first-order chi connectivity index (χ1) is 21.7. The molecule has 44 heavy (non-hydrogen) atoms. The van der Waals surface area contributed by atoms with Gasteiger partial charge in [-0.2, -0.15) is 0 Å². The molecule has 1 amide bonds. The summed E-state index contributed by atoms with van der Waals surface area (Å²) in [5, 5.41) is 8.89. The smallest absolute Gasteiger partial charge is 0.288 e. The van der Waals surface area contributed by atoms with Gasteiger partial charge in [-0.1, -0.05) is 6.07 Å². The van der Waals surface area contributed by atoms with Crippen molar-refractivity contribution in [2.75, 3.05) is 112 Å². The second-order valence-corrected chi connectivity index (χ2v) is 10.3. The van der Waals surface area contributed by atoms with E-state index in [9.17, 15) is 4.79 Å². The lowest BCUT2D eigenvalue weighted by molar-refractivity contribution is -0.172. The zero-order chi connectivity index (χ0) is 30.8. The predicted molar refractivity (Wildman–Crippen MR) is 157 cm³/mol. The van der Waals surface area contributed by atoms with Crippen molar-refractivity contribution in [3.63, 3.8) is 0 Å². The van der Waals surface area contributed by atoms with Gasteiger partial charge in [0.15, 0.2) is 17.3 Å². The first-order valence-corrected chi connectivity index (χ1v) is 15.5. The van der Waals surface area contributed by atoms with E-state index in [1.54, 1.807) is 4.90 Å². The highest BCUT2D eigenvalue weighted by atomic mass is 16.7. The molecule has 13 nitrogen and oxygen atoms in total. The van der Waals surface area contributed by atoms with Crippen molar-refractivity contribution < 1.29 is 57.3 Å². The van der Waals surface area contributed by atoms with Gasteiger partial charge >= 0.3 is 0 Å². The van der Waals surface area contributed by atoms with Crippen LogP contribution in [-0.2, 0) is 42.7 Å². The third-order valence-corrected chi connectivity index (χ3v) is 7.33. The molecule has 1 aromatic rings. The second-order valence-electron chi connectivity index (χ2n) is 10.3. The summed E-state index contributed by atoms with van der Waals surface area (Å²) in [6.45, 7) is 8.13. The number of allylic oxidation sites excluding steroid dienone is 1. The number of benzene rings is 1. The van der Waals surface area contributed by atoms with Gasteiger partial charge in [0.2, 0.25) is 13.1 Å². The summed E-state index contributed by atoms with van der Waals surface area (Å²) in [6.07, 6.45) is 1.81. The normalized spacial score (nSPS) is 23.7. The lowest BCUT2D eigenvalue weighted by Gasteiger charge is -2.38. The summed E-state index contributed by atoms with van der Waals surface area (Å²) in [6, 6.07) is 5.82. The molecule has 13 heteroatoms. The summed E-state index contributed by atoms with van der Waals surface area (Å²) < 4.78 is 57.2. The number of hydrogen-bond donors (Lipinski definition) is 1. The molecule has 248 valence electrons. The highest BCUT2D eigenvalue weighted by Gasteiger charge is 2.39. The largest absolute Gasteiger partial charge is 0.459 e. The van der Waals surface area contributed by atoms with Crippen LogP contribution in [0, 0.1) is 5.92 Å². The summed E-state index contributed by atoms with van der Waals surface area (Å²) in [5.41, 5.74) is 0.951. The van der Waals surface area contributed by atoms with Gasteiger partial charge in [0.05, 0.1) is 79.3 Å². The molecule has 0 radical (unpaired) electrons. The monoisotopic (exact) mass is 625 g/mol. The van der Waals surface area contributed by atoms with Crippen LogP contribution in [0.25, 0.3) is 0 Å². The molecule has 4 rings (SSSR count). The molecule has 0 aromatic heterocycles. The van der Waals surface area contributed by atoms with Crippen LogP contribution in [0.5, 0.6) is 11.5 Å². The molecule has 3 heterocycles. The summed E-state index contributed by atoms with van der Waals surface area (Å²) in [5.74, 6) is 0.910. The van der Waals surface area contributed by atoms with Crippen molar-refractivity contribution in [1.82, 2.24) is 4.90 Å². The molecule has 1 aromatic carbocycles. The van der Waals surface area contributed by atoms with Gasteiger partial charge < -0.3 is 57.4 Å². The standard InChI is InChI=1S/C31H47NO12/c1-2-41-31-25(5-9-35-13-16-38-12-8-33)26(24-3-4-27-28(21-24)43-23-42-27)22-29(44-31)30(34)32-6-10-36-14-17-39-19-20-40-18-15-37-11-7-32/h3-4,21-22,25-26,31,33H,2,5-20,23H2,1H3/t25-,26-,31-/m0/s1. The Hall–Kier alpha value is -2.49. The van der Waals surface area contributed by atoms with Crippen molar-refractivity contribution in [2.24, 2.45) is 5.92 Å². The average molecular weight is 626 g/mol. The Labute approximate surface area is 259 Å². The molecule has 1 N–H and O–H groups in total. The number of ether oxygens (including phenoxy) is 10. The van der Waals surface area contributed by atoms with E-state index < -0.39 is 6.29 Å². The number of carbonyl (C=O) groups excluding carboxylic acids is 1. The molecular weight excluding hydrogens is 578 g/mol. The van der Waals surface area contributed by atoms with Crippen molar-refractivity contribution >= 4 is 5.91 Å². The van der Waals surface area contributed by atoms with Gasteiger partial charge in [0.1, 0.15) is 0 Å². The van der Waals surface area contributed by atoms with E-state index in [0.717, 1.165) is 5.56 Å². The fourth-order valence-electron chi connectivity index (χ4n) is 5.12. The molecule has 0 aliphatic carbocycles. The third-order valence-electron chi connectivity index (χ3n) is 7.33. The van der Waals surface area contributed by atoms with Crippen LogP contribution in [0.1, 0.15) is 24.8 Å². The summed E-state index contributed by atoms with van der Waals surface area (Å²) in [7, 11) is 0. The van der Waals surface area contributed by atoms with Crippen LogP contribution in [0.15, 0.2) is 30.0 Å². The molecule has 0 unspecified atom stereocenters. The van der Waals surface area contributed by atoms with Crippen LogP contribution in [0.2, 0.25) is 0 Å². The minimum atomic E-state index is -0.682. The van der Waals surface area contributed by atoms with Crippen molar-refractivity contribution in [3.05, 3.63) is 35.6 Å². The van der Waals surface area contributed by atoms with E-state index in [1.165, 1.54) is 0 Å². The van der Waals surface area contributed by atoms with E-state index in [4.69, 9.17) is 52.5 Å². The molecule has 0 spiro atoms. The number of amides is 1. The molecule has 3 aliphatic rings. The minimum Gasteiger partial charge on any atom is -0.459 e. The Morgan fingerprint density at radius 2 is 1.50 bits per heavy atom. The number of carbonyl (C=O) groups is 1. The van der Waals surface area contributed by atoms with Gasteiger partial charge in [-0.25, -0.2) is 0 Å². The molecule has 3 atom stereocenters. The molecule has 1 fully saturated rings. The van der Waals surface area contributed by atoms with E-state index in [1.807, 2.05) is 31.2 Å². The first-order valence-electron chi connectivity index (χ1n) is 15.5. The van der Waals surface area contributed by atoms with Gasteiger partial charge in [-0.05, 0) is 37.1 Å². The molecule has 1 saturated heterocycles. The fraction of sp³-hybridized carbons (Fsp3) is 0.710. The molecule has 0 saturated carbocycles. The Bertz CT molecular complexity index is 992. The number of hydrogen-bond acceptors (Lipinski definition) is 12. The third kappa shape index (κ3) is 10.8. The Morgan fingerprint density at radius 3 is 2.16 bits per heavy atom. The molecular formula is C31H47NO12. The van der Waals surface area contributed by atoms with E-state index in [-0.39, 0.29) is 43.5 Å². The zero-order valence-electron chi connectivity index (χ0n) is 25.7. The number of fused-ring (bicyclic) bond motifs is 1. The highest BCUT2D eigenvalue weighted by molar-refractivity contribution is 5.91. The van der Waals surface area contributed by atoms with E-state index in [0.29, 0.717) is 110 Å². The Balaban J connectivity index is 1.51. The van der Waals surface area contributed by atoms with Gasteiger partial charge in [0.25, 0.3) is 5.91 Å². The van der Waals surface area contributed by atoms with Crippen molar-refractivity contribution in [3.8, 4) is 11.5 Å². The zero-order valence-corrected chi connectivity index (χ0v) is 25.7.